The number of nitriles is 1. The van der Waals surface area contributed by atoms with Crippen LogP contribution in [0.2, 0.25) is 0 Å². The molecule has 2 aliphatic heterocycles. The summed E-state index contributed by atoms with van der Waals surface area (Å²) in [6.45, 7) is 3.09. The predicted molar refractivity (Wildman–Crippen MR) is 53.9 cm³/mol. The first-order valence-electron chi connectivity index (χ1n) is 5.49. The summed E-state index contributed by atoms with van der Waals surface area (Å²) in [5.74, 6) is 0. The fourth-order valence-corrected chi connectivity index (χ4v) is 2.43. The molecule has 0 aromatic rings. The van der Waals surface area contributed by atoms with Gasteiger partial charge < -0.3 is 5.73 Å². The number of piperidine rings is 1. The molecule has 0 aromatic heterocycles. The topological polar surface area (TPSA) is 56.3 Å². The molecule has 4 nitrogen and oxygen atoms in total. The molecule has 2 fully saturated rings. The average Bonchev–Trinajstić information content (AvgIpc) is 2.71. The Bertz CT molecular complexity index is 241. The molecule has 1 atom stereocenters. The van der Waals surface area contributed by atoms with Crippen molar-refractivity contribution in [2.45, 2.75) is 37.8 Å². The second-order valence-electron chi connectivity index (χ2n) is 4.28. The van der Waals surface area contributed by atoms with Gasteiger partial charge in [-0.15, -0.1) is 0 Å². The second-order valence-corrected chi connectivity index (χ2v) is 4.28. The summed E-state index contributed by atoms with van der Waals surface area (Å²) in [6.07, 6.45) is 5.52. The van der Waals surface area contributed by atoms with Crippen molar-refractivity contribution in [2.24, 2.45) is 5.73 Å². The van der Waals surface area contributed by atoms with Crippen molar-refractivity contribution >= 4 is 0 Å². The molecule has 4 heteroatoms. The third kappa shape index (κ3) is 1.63. The third-order valence-corrected chi connectivity index (χ3v) is 3.26. The Kier molecular flexibility index (Phi) is 2.73. The highest BCUT2D eigenvalue weighted by molar-refractivity contribution is 5.05. The van der Waals surface area contributed by atoms with Gasteiger partial charge in [0.2, 0.25) is 0 Å². The number of rotatable bonds is 1. The highest BCUT2D eigenvalue weighted by Crippen LogP contribution is 2.26. The van der Waals surface area contributed by atoms with E-state index in [2.05, 4.69) is 16.1 Å². The van der Waals surface area contributed by atoms with E-state index < -0.39 is 5.66 Å². The third-order valence-electron chi connectivity index (χ3n) is 3.26. The maximum Gasteiger partial charge on any atom is 0.171 e. The quantitative estimate of drug-likeness (QED) is 0.666. The molecule has 0 saturated carbocycles. The van der Waals surface area contributed by atoms with Gasteiger partial charge in [-0.1, -0.05) is 0 Å². The van der Waals surface area contributed by atoms with Crippen molar-refractivity contribution < 1.29 is 0 Å². The lowest BCUT2D eigenvalue weighted by atomic mass is 9.99. The molecular formula is C10H18N4. The van der Waals surface area contributed by atoms with Crippen LogP contribution in [0.5, 0.6) is 0 Å². The average molecular weight is 194 g/mol. The first kappa shape index (κ1) is 9.91. The van der Waals surface area contributed by atoms with E-state index >= 15 is 0 Å². The highest BCUT2D eigenvalue weighted by Gasteiger charge is 2.39. The summed E-state index contributed by atoms with van der Waals surface area (Å²) in [4.78, 5) is 0. The Labute approximate surface area is 85.2 Å². The number of hydrogen-bond donors (Lipinski definition) is 1. The minimum atomic E-state index is -0.734. The summed E-state index contributed by atoms with van der Waals surface area (Å²) in [5, 5.41) is 13.5. The fraction of sp³-hybridized carbons (Fsp3) is 0.900. The van der Waals surface area contributed by atoms with Crippen LogP contribution in [-0.4, -0.2) is 35.3 Å². The summed E-state index contributed by atoms with van der Waals surface area (Å²) in [6, 6.07) is 2.27. The van der Waals surface area contributed by atoms with Crippen LogP contribution in [0.15, 0.2) is 0 Å². The summed E-state index contributed by atoms with van der Waals surface area (Å²) in [7, 11) is 0. The predicted octanol–water partition coefficient (Wildman–Crippen LogP) is 0.662. The Morgan fingerprint density at radius 2 is 1.71 bits per heavy atom. The van der Waals surface area contributed by atoms with Crippen LogP contribution in [0, 0.1) is 11.3 Å². The van der Waals surface area contributed by atoms with E-state index in [4.69, 9.17) is 11.0 Å². The smallest absolute Gasteiger partial charge is 0.171 e. The minimum absolute atomic E-state index is 0.734. The van der Waals surface area contributed by atoms with Crippen molar-refractivity contribution in [3.8, 4) is 6.07 Å². The van der Waals surface area contributed by atoms with E-state index in [9.17, 15) is 0 Å². The van der Waals surface area contributed by atoms with Gasteiger partial charge in [-0.3, -0.25) is 0 Å². The van der Waals surface area contributed by atoms with Gasteiger partial charge in [-0.05, 0) is 32.1 Å². The van der Waals surface area contributed by atoms with Crippen molar-refractivity contribution in [1.29, 1.82) is 5.26 Å². The van der Waals surface area contributed by atoms with E-state index in [1.54, 1.807) is 0 Å². The molecule has 2 aliphatic rings. The molecular weight excluding hydrogens is 176 g/mol. The van der Waals surface area contributed by atoms with E-state index in [-0.39, 0.29) is 0 Å². The highest BCUT2D eigenvalue weighted by atomic mass is 15.7. The molecule has 0 aliphatic carbocycles. The Morgan fingerprint density at radius 3 is 2.36 bits per heavy atom. The van der Waals surface area contributed by atoms with E-state index in [0.717, 1.165) is 38.9 Å². The monoisotopic (exact) mass is 194 g/mol. The van der Waals surface area contributed by atoms with Crippen LogP contribution in [0.4, 0.5) is 0 Å². The summed E-state index contributed by atoms with van der Waals surface area (Å²) in [5.41, 5.74) is 5.37. The van der Waals surface area contributed by atoms with Gasteiger partial charge in [-0.25, -0.2) is 10.0 Å². The van der Waals surface area contributed by atoms with Gasteiger partial charge in [0.15, 0.2) is 5.66 Å². The van der Waals surface area contributed by atoms with Crippen LogP contribution in [0.25, 0.3) is 0 Å². The van der Waals surface area contributed by atoms with E-state index in [1.165, 1.54) is 12.8 Å². The number of nitrogens with two attached hydrogens (primary N) is 1. The van der Waals surface area contributed by atoms with Crippen molar-refractivity contribution in [1.82, 2.24) is 10.0 Å². The number of nitrogens with zero attached hydrogens (tertiary/aromatic N) is 3. The fourth-order valence-electron chi connectivity index (χ4n) is 2.43. The van der Waals surface area contributed by atoms with Crippen molar-refractivity contribution in [3.63, 3.8) is 0 Å². The molecule has 0 amide bonds. The Balaban J connectivity index is 2.10. The van der Waals surface area contributed by atoms with Crippen LogP contribution in [-0.2, 0) is 0 Å². The van der Waals surface area contributed by atoms with E-state index in [0.29, 0.717) is 0 Å². The Hall–Kier alpha value is -0.630. The first-order chi connectivity index (χ1) is 6.76. The summed E-state index contributed by atoms with van der Waals surface area (Å²) >= 11 is 0. The normalized spacial score (nSPS) is 35.7. The van der Waals surface area contributed by atoms with Crippen LogP contribution >= 0.6 is 0 Å². The van der Waals surface area contributed by atoms with Gasteiger partial charge in [0.1, 0.15) is 6.07 Å². The SMILES string of the molecule is N#CC1(N)CCCCN1N1CCCC1. The Morgan fingerprint density at radius 1 is 1.07 bits per heavy atom. The lowest BCUT2D eigenvalue weighted by Crippen LogP contribution is -2.63. The van der Waals surface area contributed by atoms with Crippen LogP contribution in [0.1, 0.15) is 32.1 Å². The van der Waals surface area contributed by atoms with Gasteiger partial charge in [-0.2, -0.15) is 5.26 Å². The minimum Gasteiger partial charge on any atom is -0.300 e. The maximum absolute atomic E-state index is 9.14. The molecule has 2 heterocycles. The molecule has 0 aromatic carbocycles. The molecule has 78 valence electrons. The molecule has 14 heavy (non-hydrogen) atoms. The first-order valence-corrected chi connectivity index (χ1v) is 5.49. The van der Waals surface area contributed by atoms with Gasteiger partial charge in [0, 0.05) is 19.6 Å². The van der Waals surface area contributed by atoms with Crippen LogP contribution in [0.3, 0.4) is 0 Å². The van der Waals surface area contributed by atoms with Gasteiger partial charge in [0.25, 0.3) is 0 Å². The lowest BCUT2D eigenvalue weighted by molar-refractivity contribution is -0.0907. The number of hydrogen-bond acceptors (Lipinski definition) is 4. The molecule has 0 radical (unpaired) electrons. The van der Waals surface area contributed by atoms with Gasteiger partial charge in [0.05, 0.1) is 0 Å². The maximum atomic E-state index is 9.14. The zero-order chi connectivity index (χ0) is 10.0. The lowest BCUT2D eigenvalue weighted by Gasteiger charge is -2.44. The molecule has 0 spiro atoms. The standard InChI is InChI=1S/C10H18N4/c11-9-10(12)5-1-2-8-14(10)13-6-3-4-7-13/h1-8,12H2. The van der Waals surface area contributed by atoms with Crippen molar-refractivity contribution in [2.75, 3.05) is 19.6 Å². The molecule has 0 bridgehead atoms. The zero-order valence-corrected chi connectivity index (χ0v) is 8.58. The largest absolute Gasteiger partial charge is 0.300 e. The molecule has 2 rings (SSSR count). The van der Waals surface area contributed by atoms with Crippen LogP contribution < -0.4 is 5.73 Å². The summed E-state index contributed by atoms with van der Waals surface area (Å²) < 4.78 is 0. The molecule has 2 N–H and O–H groups in total. The molecule has 2 saturated heterocycles. The molecule has 1 unspecified atom stereocenters. The van der Waals surface area contributed by atoms with Crippen molar-refractivity contribution in [3.05, 3.63) is 0 Å². The van der Waals surface area contributed by atoms with E-state index in [1.807, 2.05) is 0 Å². The zero-order valence-electron chi connectivity index (χ0n) is 8.58. The second kappa shape index (κ2) is 3.85. The number of hydrazine groups is 1. The van der Waals surface area contributed by atoms with Gasteiger partial charge >= 0.3 is 0 Å².